The van der Waals surface area contributed by atoms with Crippen molar-refractivity contribution in [3.05, 3.63) is 70.8 Å². The molecule has 1 atom stereocenters. The fourth-order valence-electron chi connectivity index (χ4n) is 3.84. The molecule has 2 aromatic carbocycles. The number of aryl methyl sites for hydroxylation is 1. The van der Waals surface area contributed by atoms with Gasteiger partial charge in [0.1, 0.15) is 0 Å². The van der Waals surface area contributed by atoms with E-state index in [-0.39, 0.29) is 5.91 Å². The van der Waals surface area contributed by atoms with Crippen molar-refractivity contribution in [3.63, 3.8) is 0 Å². The highest BCUT2D eigenvalue weighted by atomic mass is 16.1. The summed E-state index contributed by atoms with van der Waals surface area (Å²) in [5.74, 6) is 0.827. The van der Waals surface area contributed by atoms with E-state index >= 15 is 0 Å². The molecule has 0 aromatic heterocycles. The molecule has 0 radical (unpaired) electrons. The third-order valence-corrected chi connectivity index (χ3v) is 5.45. The number of likely N-dealkylation sites (tertiary alicyclic amines) is 1. The van der Waals surface area contributed by atoms with Gasteiger partial charge >= 0.3 is 0 Å². The lowest BCUT2D eigenvalue weighted by Gasteiger charge is -2.31. The molecule has 1 fully saturated rings. The maximum Gasteiger partial charge on any atom is 0.220 e. The van der Waals surface area contributed by atoms with Crippen LogP contribution in [0.2, 0.25) is 0 Å². The van der Waals surface area contributed by atoms with Gasteiger partial charge in [-0.05, 0) is 60.5 Å². The Labute approximate surface area is 168 Å². The first-order valence-corrected chi connectivity index (χ1v) is 10.2. The number of nitrogens with one attached hydrogen (secondary N) is 1. The second-order valence-electron chi connectivity index (χ2n) is 7.84. The van der Waals surface area contributed by atoms with Crippen LogP contribution in [0, 0.1) is 17.2 Å². The zero-order valence-corrected chi connectivity index (χ0v) is 16.7. The Balaban J connectivity index is 1.49. The fourth-order valence-corrected chi connectivity index (χ4v) is 3.84. The van der Waals surface area contributed by atoms with Crippen molar-refractivity contribution >= 4 is 5.91 Å². The van der Waals surface area contributed by atoms with Gasteiger partial charge in [-0.2, -0.15) is 5.26 Å². The molecule has 1 aliphatic rings. The van der Waals surface area contributed by atoms with E-state index in [1.807, 2.05) is 18.2 Å². The van der Waals surface area contributed by atoms with Gasteiger partial charge in [-0.25, -0.2) is 0 Å². The van der Waals surface area contributed by atoms with E-state index in [0.29, 0.717) is 24.9 Å². The molecule has 0 bridgehead atoms. The topological polar surface area (TPSA) is 56.1 Å². The Morgan fingerprint density at radius 1 is 1.18 bits per heavy atom. The molecule has 0 saturated carbocycles. The minimum Gasteiger partial charge on any atom is -0.352 e. The summed E-state index contributed by atoms with van der Waals surface area (Å²) in [5.41, 5.74) is 4.23. The molecule has 1 heterocycles. The van der Waals surface area contributed by atoms with Crippen LogP contribution in [0.15, 0.2) is 48.5 Å². The molecule has 0 spiro atoms. The number of hydrogen-bond acceptors (Lipinski definition) is 3. The monoisotopic (exact) mass is 375 g/mol. The smallest absolute Gasteiger partial charge is 0.220 e. The minimum atomic E-state index is 0.0609. The number of nitrogens with zero attached hydrogens (tertiary/aromatic N) is 2. The lowest BCUT2D eigenvalue weighted by Crippen LogP contribution is -2.34. The maximum atomic E-state index is 12.3. The minimum absolute atomic E-state index is 0.0609. The third-order valence-electron chi connectivity index (χ3n) is 5.45. The van der Waals surface area contributed by atoms with E-state index in [4.69, 9.17) is 5.26 Å². The van der Waals surface area contributed by atoms with Crippen molar-refractivity contribution in [2.45, 2.75) is 45.7 Å². The summed E-state index contributed by atoms with van der Waals surface area (Å²) in [6, 6.07) is 18.0. The quantitative estimate of drug-likeness (QED) is 0.795. The second kappa shape index (κ2) is 10.1. The Morgan fingerprint density at radius 3 is 2.64 bits per heavy atom. The highest BCUT2D eigenvalue weighted by Crippen LogP contribution is 2.19. The number of carbonyl (C=O) groups excluding carboxylic acids is 1. The van der Waals surface area contributed by atoms with Gasteiger partial charge in [-0.1, -0.05) is 43.3 Å². The van der Waals surface area contributed by atoms with E-state index in [9.17, 15) is 4.79 Å². The summed E-state index contributed by atoms with van der Waals surface area (Å²) in [7, 11) is 0. The van der Waals surface area contributed by atoms with Crippen LogP contribution in [-0.2, 0) is 24.3 Å². The number of rotatable bonds is 7. The van der Waals surface area contributed by atoms with Gasteiger partial charge in [0.25, 0.3) is 0 Å². The lowest BCUT2D eigenvalue weighted by molar-refractivity contribution is -0.121. The van der Waals surface area contributed by atoms with Crippen molar-refractivity contribution in [2.24, 2.45) is 5.92 Å². The molecule has 0 aliphatic carbocycles. The fraction of sp³-hybridized carbons (Fsp3) is 0.417. The van der Waals surface area contributed by atoms with Gasteiger partial charge in [-0.3, -0.25) is 9.69 Å². The molecular formula is C24H29N3O. The zero-order valence-electron chi connectivity index (χ0n) is 16.7. The Morgan fingerprint density at radius 2 is 1.93 bits per heavy atom. The first-order valence-electron chi connectivity index (χ1n) is 10.2. The average Bonchev–Trinajstić information content (AvgIpc) is 2.72. The van der Waals surface area contributed by atoms with Crippen molar-refractivity contribution in [1.29, 1.82) is 5.26 Å². The Hall–Kier alpha value is -2.64. The van der Waals surface area contributed by atoms with Crippen molar-refractivity contribution in [3.8, 4) is 6.07 Å². The molecule has 3 rings (SSSR count). The molecule has 146 valence electrons. The predicted molar refractivity (Wildman–Crippen MR) is 111 cm³/mol. The van der Waals surface area contributed by atoms with Crippen LogP contribution >= 0.6 is 0 Å². The standard InChI is InChI=1S/C24H29N3O/c1-19-5-4-14-27(17-19)18-23-7-3-2-6-22(23)16-26-24(28)13-12-20-8-10-21(15-25)11-9-20/h2-3,6-11,19H,4-5,12-14,16-18H2,1H3,(H,26,28). The molecule has 1 aliphatic heterocycles. The van der Waals surface area contributed by atoms with E-state index in [0.717, 1.165) is 31.1 Å². The first-order chi connectivity index (χ1) is 13.6. The molecule has 4 heteroatoms. The molecule has 2 aromatic rings. The Kier molecular flexibility index (Phi) is 7.22. The van der Waals surface area contributed by atoms with Gasteiger partial charge in [0, 0.05) is 26.1 Å². The zero-order chi connectivity index (χ0) is 19.8. The van der Waals surface area contributed by atoms with Crippen LogP contribution < -0.4 is 5.32 Å². The predicted octanol–water partition coefficient (Wildman–Crippen LogP) is 4.04. The van der Waals surface area contributed by atoms with Gasteiger partial charge in [-0.15, -0.1) is 0 Å². The van der Waals surface area contributed by atoms with Crippen LogP contribution in [0.25, 0.3) is 0 Å². The summed E-state index contributed by atoms with van der Waals surface area (Å²) in [4.78, 5) is 14.8. The average molecular weight is 376 g/mol. The highest BCUT2D eigenvalue weighted by Gasteiger charge is 2.17. The summed E-state index contributed by atoms with van der Waals surface area (Å²) in [6.45, 7) is 6.18. The van der Waals surface area contributed by atoms with Crippen LogP contribution in [0.1, 0.15) is 48.4 Å². The van der Waals surface area contributed by atoms with Gasteiger partial charge < -0.3 is 5.32 Å². The number of nitriles is 1. The van der Waals surface area contributed by atoms with Crippen LogP contribution in [-0.4, -0.2) is 23.9 Å². The molecule has 1 amide bonds. The summed E-state index contributed by atoms with van der Waals surface area (Å²) >= 11 is 0. The molecule has 1 saturated heterocycles. The summed E-state index contributed by atoms with van der Waals surface area (Å²) < 4.78 is 0. The van der Waals surface area contributed by atoms with Crippen LogP contribution in [0.5, 0.6) is 0 Å². The number of piperidine rings is 1. The lowest BCUT2D eigenvalue weighted by atomic mass is 9.99. The first kappa shape index (κ1) is 20.1. The normalized spacial score (nSPS) is 17.1. The van der Waals surface area contributed by atoms with Gasteiger partial charge in [0.2, 0.25) is 5.91 Å². The molecule has 1 unspecified atom stereocenters. The van der Waals surface area contributed by atoms with E-state index in [1.54, 1.807) is 12.1 Å². The molecule has 28 heavy (non-hydrogen) atoms. The van der Waals surface area contributed by atoms with E-state index in [2.05, 4.69) is 41.4 Å². The Bertz CT molecular complexity index is 822. The SMILES string of the molecule is CC1CCCN(Cc2ccccc2CNC(=O)CCc2ccc(C#N)cc2)C1. The van der Waals surface area contributed by atoms with Crippen LogP contribution in [0.4, 0.5) is 0 Å². The number of hydrogen-bond donors (Lipinski definition) is 1. The van der Waals surface area contributed by atoms with Gasteiger partial charge in [0.15, 0.2) is 0 Å². The number of benzene rings is 2. The maximum absolute atomic E-state index is 12.3. The third kappa shape index (κ3) is 5.94. The van der Waals surface area contributed by atoms with Crippen molar-refractivity contribution < 1.29 is 4.79 Å². The molecular weight excluding hydrogens is 346 g/mol. The number of carbonyl (C=O) groups is 1. The second-order valence-corrected chi connectivity index (χ2v) is 7.84. The largest absolute Gasteiger partial charge is 0.352 e. The molecule has 1 N–H and O–H groups in total. The summed E-state index contributed by atoms with van der Waals surface area (Å²) in [5, 5.41) is 11.9. The van der Waals surface area contributed by atoms with Crippen LogP contribution in [0.3, 0.4) is 0 Å². The van der Waals surface area contributed by atoms with E-state index < -0.39 is 0 Å². The van der Waals surface area contributed by atoms with E-state index in [1.165, 1.54) is 24.0 Å². The number of amides is 1. The van der Waals surface area contributed by atoms with Crippen molar-refractivity contribution in [2.75, 3.05) is 13.1 Å². The summed E-state index contributed by atoms with van der Waals surface area (Å²) in [6.07, 6.45) is 3.74. The van der Waals surface area contributed by atoms with Crippen molar-refractivity contribution in [1.82, 2.24) is 10.2 Å². The molecule has 4 nitrogen and oxygen atoms in total. The highest BCUT2D eigenvalue weighted by molar-refractivity contribution is 5.76. The van der Waals surface area contributed by atoms with Gasteiger partial charge in [0.05, 0.1) is 11.6 Å².